The standard InChI is InChI=1S/C8H14.C8H12/c2*1-2-4-6-8-7-5-3-1/h1-2H,3-8H2;1-6H2. The van der Waals surface area contributed by atoms with Crippen LogP contribution in [0, 0.1) is 11.8 Å². The molecule has 0 fully saturated rings. The van der Waals surface area contributed by atoms with Crippen LogP contribution < -0.4 is 0 Å². The van der Waals surface area contributed by atoms with Crippen LogP contribution >= 0.6 is 0 Å². The minimum absolute atomic E-state index is 1.14. The van der Waals surface area contributed by atoms with Crippen molar-refractivity contribution in [1.82, 2.24) is 0 Å². The van der Waals surface area contributed by atoms with E-state index in [1.165, 1.54) is 64.2 Å². The van der Waals surface area contributed by atoms with Gasteiger partial charge in [-0.15, -0.1) is 11.8 Å². The summed E-state index contributed by atoms with van der Waals surface area (Å²) in [4.78, 5) is 0. The van der Waals surface area contributed by atoms with E-state index in [4.69, 9.17) is 0 Å². The predicted octanol–water partition coefficient (Wildman–Crippen LogP) is 5.24. The topological polar surface area (TPSA) is 0 Å². The van der Waals surface area contributed by atoms with E-state index in [0.717, 1.165) is 12.8 Å². The minimum atomic E-state index is 1.14. The number of hydrogen-bond donors (Lipinski definition) is 0. The molecule has 0 heteroatoms. The van der Waals surface area contributed by atoms with E-state index in [1.54, 1.807) is 0 Å². The second kappa shape index (κ2) is 10.8. The van der Waals surface area contributed by atoms with Crippen molar-refractivity contribution in [1.29, 1.82) is 0 Å². The van der Waals surface area contributed by atoms with Gasteiger partial charge in [-0.1, -0.05) is 37.8 Å². The molecule has 0 radical (unpaired) electrons. The Labute approximate surface area is 102 Å². The van der Waals surface area contributed by atoms with Gasteiger partial charge >= 0.3 is 0 Å². The number of rotatable bonds is 0. The van der Waals surface area contributed by atoms with Crippen LogP contribution in [0.15, 0.2) is 12.2 Å². The van der Waals surface area contributed by atoms with E-state index >= 15 is 0 Å². The molecule has 2 aliphatic rings. The van der Waals surface area contributed by atoms with Crippen molar-refractivity contribution >= 4 is 0 Å². The van der Waals surface area contributed by atoms with Gasteiger partial charge < -0.3 is 0 Å². The molecule has 0 atom stereocenters. The first-order chi connectivity index (χ1) is 8.00. The molecule has 0 aromatic carbocycles. The number of hydrogen-bond acceptors (Lipinski definition) is 0. The second-order valence-corrected chi connectivity index (χ2v) is 4.73. The quantitative estimate of drug-likeness (QED) is 0.385. The Kier molecular flexibility index (Phi) is 9.03. The van der Waals surface area contributed by atoms with Gasteiger partial charge in [-0.2, -0.15) is 0 Å². The van der Waals surface area contributed by atoms with Gasteiger partial charge in [0.1, 0.15) is 0 Å². The summed E-state index contributed by atoms with van der Waals surface area (Å²) in [5.41, 5.74) is 0. The highest BCUT2D eigenvalue weighted by atomic mass is 14.0. The van der Waals surface area contributed by atoms with Crippen LogP contribution in [0.5, 0.6) is 0 Å². The van der Waals surface area contributed by atoms with E-state index in [1.807, 2.05) is 0 Å². The molecule has 0 saturated heterocycles. The fraction of sp³-hybridized carbons (Fsp3) is 0.750. The van der Waals surface area contributed by atoms with Gasteiger partial charge in [-0.25, -0.2) is 0 Å². The molecule has 0 amide bonds. The van der Waals surface area contributed by atoms with Gasteiger partial charge in [0.2, 0.25) is 0 Å². The Morgan fingerprint density at radius 3 is 1.44 bits per heavy atom. The summed E-state index contributed by atoms with van der Waals surface area (Å²) >= 11 is 0. The highest BCUT2D eigenvalue weighted by Gasteiger charge is 1.90. The summed E-state index contributed by atoms with van der Waals surface area (Å²) in [7, 11) is 0. The van der Waals surface area contributed by atoms with Gasteiger partial charge in [-0.3, -0.25) is 0 Å². The van der Waals surface area contributed by atoms with E-state index < -0.39 is 0 Å². The Bertz CT molecular complexity index is 204. The van der Waals surface area contributed by atoms with Gasteiger partial charge in [0.05, 0.1) is 0 Å². The van der Waals surface area contributed by atoms with Gasteiger partial charge in [0.15, 0.2) is 0 Å². The summed E-state index contributed by atoms with van der Waals surface area (Å²) in [6, 6.07) is 0. The van der Waals surface area contributed by atoms with E-state index in [9.17, 15) is 0 Å². The summed E-state index contributed by atoms with van der Waals surface area (Å²) in [5.74, 6) is 6.27. The average molecular weight is 218 g/mol. The first-order valence-electron chi connectivity index (χ1n) is 7.11. The molecule has 0 nitrogen and oxygen atoms in total. The molecule has 0 N–H and O–H groups in total. The third kappa shape index (κ3) is 8.60. The molecule has 2 aliphatic carbocycles. The molecule has 0 spiro atoms. The minimum Gasteiger partial charge on any atom is -0.103 e. The van der Waals surface area contributed by atoms with Crippen LogP contribution in [0.1, 0.15) is 77.0 Å². The maximum Gasteiger partial charge on any atom is 0.00886 e. The van der Waals surface area contributed by atoms with Crippen LogP contribution in [0.2, 0.25) is 0 Å². The van der Waals surface area contributed by atoms with E-state index in [2.05, 4.69) is 24.0 Å². The molecule has 0 bridgehead atoms. The first-order valence-corrected chi connectivity index (χ1v) is 7.11. The lowest BCUT2D eigenvalue weighted by Crippen LogP contribution is -1.80. The van der Waals surface area contributed by atoms with Crippen LogP contribution in [0.3, 0.4) is 0 Å². The Morgan fingerprint density at radius 1 is 0.500 bits per heavy atom. The zero-order valence-corrected chi connectivity index (χ0v) is 10.6. The molecular weight excluding hydrogens is 192 g/mol. The molecule has 0 heterocycles. The summed E-state index contributed by atoms with van der Waals surface area (Å²) in [6.45, 7) is 0. The smallest absolute Gasteiger partial charge is 0.00886 e. The van der Waals surface area contributed by atoms with Crippen LogP contribution in [-0.2, 0) is 0 Å². The van der Waals surface area contributed by atoms with Gasteiger partial charge in [-0.05, 0) is 38.5 Å². The molecule has 90 valence electrons. The monoisotopic (exact) mass is 218 g/mol. The molecule has 16 heavy (non-hydrogen) atoms. The van der Waals surface area contributed by atoms with Crippen LogP contribution in [0.4, 0.5) is 0 Å². The zero-order valence-electron chi connectivity index (χ0n) is 10.6. The van der Waals surface area contributed by atoms with Crippen molar-refractivity contribution < 1.29 is 0 Å². The molecular formula is C16H26. The molecule has 0 aromatic rings. The number of allylic oxidation sites excluding steroid dienone is 2. The molecule has 0 aromatic heterocycles. The predicted molar refractivity (Wildman–Crippen MR) is 72.3 cm³/mol. The third-order valence-corrected chi connectivity index (χ3v) is 3.14. The van der Waals surface area contributed by atoms with Crippen molar-refractivity contribution in [2.45, 2.75) is 77.0 Å². The third-order valence-electron chi connectivity index (χ3n) is 3.14. The van der Waals surface area contributed by atoms with Gasteiger partial charge in [0.25, 0.3) is 0 Å². The van der Waals surface area contributed by atoms with Crippen molar-refractivity contribution in [3.05, 3.63) is 12.2 Å². The van der Waals surface area contributed by atoms with Crippen molar-refractivity contribution in [3.8, 4) is 11.8 Å². The van der Waals surface area contributed by atoms with Crippen LogP contribution in [0.25, 0.3) is 0 Å². The molecule has 2 rings (SSSR count). The van der Waals surface area contributed by atoms with Crippen molar-refractivity contribution in [3.63, 3.8) is 0 Å². The summed E-state index contributed by atoms with van der Waals surface area (Å²) in [6.07, 6.45) is 20.7. The lowest BCUT2D eigenvalue weighted by Gasteiger charge is -2.00. The summed E-state index contributed by atoms with van der Waals surface area (Å²) in [5, 5.41) is 0. The lowest BCUT2D eigenvalue weighted by molar-refractivity contribution is 0.638. The van der Waals surface area contributed by atoms with E-state index in [0.29, 0.717) is 0 Å². The lowest BCUT2D eigenvalue weighted by atomic mass is 10.1. The Morgan fingerprint density at radius 2 is 0.938 bits per heavy atom. The summed E-state index contributed by atoms with van der Waals surface area (Å²) < 4.78 is 0. The largest absolute Gasteiger partial charge is 0.103 e. The SMILES string of the molecule is C1#CCCCCCC1.C1=CCCCCCC1. The fourth-order valence-electron chi connectivity index (χ4n) is 2.07. The zero-order chi connectivity index (χ0) is 11.3. The fourth-order valence-corrected chi connectivity index (χ4v) is 2.07. The van der Waals surface area contributed by atoms with Crippen LogP contribution in [-0.4, -0.2) is 0 Å². The van der Waals surface area contributed by atoms with Crippen molar-refractivity contribution in [2.75, 3.05) is 0 Å². The molecule has 0 saturated carbocycles. The molecule has 0 aliphatic heterocycles. The van der Waals surface area contributed by atoms with Crippen molar-refractivity contribution in [2.24, 2.45) is 0 Å². The first kappa shape index (κ1) is 13.4. The average Bonchev–Trinajstić information content (AvgIpc) is 2.15. The normalized spacial score (nSPS) is 21.0. The second-order valence-electron chi connectivity index (χ2n) is 4.73. The Balaban J connectivity index is 0.000000160. The molecule has 0 unspecified atom stereocenters. The Hall–Kier alpha value is -0.700. The van der Waals surface area contributed by atoms with Gasteiger partial charge in [0, 0.05) is 12.8 Å². The maximum absolute atomic E-state index is 3.14. The highest BCUT2D eigenvalue weighted by Crippen LogP contribution is 2.10. The maximum atomic E-state index is 3.14. The highest BCUT2D eigenvalue weighted by molar-refractivity contribution is 4.99. The van der Waals surface area contributed by atoms with E-state index in [-0.39, 0.29) is 0 Å².